The van der Waals surface area contributed by atoms with Crippen LogP contribution in [0.5, 0.6) is 0 Å². The minimum Gasteiger partial charge on any atom is -0.358 e. The highest BCUT2D eigenvalue weighted by Crippen LogP contribution is 2.26. The van der Waals surface area contributed by atoms with Gasteiger partial charge in [0.05, 0.1) is 0 Å². The summed E-state index contributed by atoms with van der Waals surface area (Å²) in [6.45, 7) is 5.37. The Labute approximate surface area is 89.7 Å². The lowest BCUT2D eigenvalue weighted by Gasteiger charge is -2.20. The van der Waals surface area contributed by atoms with E-state index in [1.165, 1.54) is 27.7 Å². The Balaban J connectivity index is 2.23. The van der Waals surface area contributed by atoms with Crippen molar-refractivity contribution in [3.05, 3.63) is 35.0 Å². The molecular formula is C13H16N2. The van der Waals surface area contributed by atoms with Gasteiger partial charge in [-0.2, -0.15) is 0 Å². The van der Waals surface area contributed by atoms with Gasteiger partial charge in [0.1, 0.15) is 0 Å². The third-order valence-corrected chi connectivity index (χ3v) is 3.29. The van der Waals surface area contributed by atoms with Gasteiger partial charge in [0, 0.05) is 35.6 Å². The summed E-state index contributed by atoms with van der Waals surface area (Å²) in [7, 11) is 0. The molecule has 0 bridgehead atoms. The van der Waals surface area contributed by atoms with E-state index in [0.717, 1.165) is 13.0 Å². The number of hydrogen-bond acceptors (Lipinski definition) is 1. The van der Waals surface area contributed by atoms with Crippen LogP contribution < -0.4 is 5.32 Å². The van der Waals surface area contributed by atoms with Crippen molar-refractivity contribution < 1.29 is 0 Å². The normalized spacial score (nSPS) is 20.5. The zero-order valence-corrected chi connectivity index (χ0v) is 9.22. The molecule has 1 unspecified atom stereocenters. The fourth-order valence-electron chi connectivity index (χ4n) is 2.46. The van der Waals surface area contributed by atoms with Crippen molar-refractivity contribution in [1.82, 2.24) is 10.3 Å². The minimum absolute atomic E-state index is 0.589. The van der Waals surface area contributed by atoms with Gasteiger partial charge >= 0.3 is 0 Å². The van der Waals surface area contributed by atoms with Crippen molar-refractivity contribution in [2.75, 3.05) is 0 Å². The molecular weight excluding hydrogens is 184 g/mol. The van der Waals surface area contributed by atoms with Crippen molar-refractivity contribution in [1.29, 1.82) is 0 Å². The Hall–Kier alpha value is -1.28. The van der Waals surface area contributed by atoms with Crippen LogP contribution >= 0.6 is 0 Å². The zero-order valence-electron chi connectivity index (χ0n) is 9.22. The largest absolute Gasteiger partial charge is 0.358 e. The van der Waals surface area contributed by atoms with Gasteiger partial charge in [-0.1, -0.05) is 12.1 Å². The van der Waals surface area contributed by atoms with Gasteiger partial charge in [0.2, 0.25) is 0 Å². The number of benzene rings is 1. The van der Waals surface area contributed by atoms with E-state index in [1.54, 1.807) is 0 Å². The van der Waals surface area contributed by atoms with Crippen molar-refractivity contribution in [3.63, 3.8) is 0 Å². The number of aromatic amines is 1. The molecule has 1 aliphatic rings. The molecule has 1 atom stereocenters. The highest BCUT2D eigenvalue weighted by Gasteiger charge is 2.18. The van der Waals surface area contributed by atoms with E-state index in [1.807, 2.05) is 0 Å². The van der Waals surface area contributed by atoms with E-state index in [4.69, 9.17) is 0 Å². The van der Waals surface area contributed by atoms with E-state index in [9.17, 15) is 0 Å². The monoisotopic (exact) mass is 200 g/mol. The summed E-state index contributed by atoms with van der Waals surface area (Å²) in [5.41, 5.74) is 5.49. The molecule has 1 aromatic heterocycles. The summed E-state index contributed by atoms with van der Waals surface area (Å²) in [4.78, 5) is 3.55. The van der Waals surface area contributed by atoms with Gasteiger partial charge in [-0.05, 0) is 31.0 Å². The van der Waals surface area contributed by atoms with Crippen LogP contribution in [0.1, 0.15) is 23.7 Å². The molecule has 0 saturated heterocycles. The van der Waals surface area contributed by atoms with Crippen molar-refractivity contribution in [2.24, 2.45) is 0 Å². The topological polar surface area (TPSA) is 27.8 Å². The standard InChI is InChI=1S/C13H16N2/c1-8-3-4-10-11-7-14-9(2)6-13(11)15-12(10)5-8/h3-5,9,14-15H,6-7H2,1-2H3. The molecule has 0 spiro atoms. The van der Waals surface area contributed by atoms with Crippen LogP contribution in [-0.2, 0) is 13.0 Å². The highest BCUT2D eigenvalue weighted by atomic mass is 14.9. The van der Waals surface area contributed by atoms with E-state index in [0.29, 0.717) is 6.04 Å². The second-order valence-electron chi connectivity index (χ2n) is 4.62. The van der Waals surface area contributed by atoms with Gasteiger partial charge in [-0.25, -0.2) is 0 Å². The van der Waals surface area contributed by atoms with E-state index < -0.39 is 0 Å². The van der Waals surface area contributed by atoms with Gasteiger partial charge in [0.25, 0.3) is 0 Å². The van der Waals surface area contributed by atoms with Crippen LogP contribution in [0.15, 0.2) is 18.2 Å². The Morgan fingerprint density at radius 3 is 3.07 bits per heavy atom. The molecule has 1 aliphatic heterocycles. The fourth-order valence-corrected chi connectivity index (χ4v) is 2.46. The molecule has 2 N–H and O–H groups in total. The number of aromatic nitrogens is 1. The van der Waals surface area contributed by atoms with Crippen LogP contribution in [0.3, 0.4) is 0 Å². The summed E-state index contributed by atoms with van der Waals surface area (Å²) in [5, 5.41) is 4.90. The van der Waals surface area contributed by atoms with Crippen LogP contribution in [0.2, 0.25) is 0 Å². The summed E-state index contributed by atoms with van der Waals surface area (Å²) < 4.78 is 0. The van der Waals surface area contributed by atoms with Gasteiger partial charge in [-0.15, -0.1) is 0 Å². The molecule has 0 fully saturated rings. The van der Waals surface area contributed by atoms with Crippen molar-refractivity contribution in [2.45, 2.75) is 32.9 Å². The molecule has 78 valence electrons. The summed E-state index contributed by atoms with van der Waals surface area (Å²) >= 11 is 0. The van der Waals surface area contributed by atoms with E-state index >= 15 is 0 Å². The molecule has 2 nitrogen and oxygen atoms in total. The van der Waals surface area contributed by atoms with Gasteiger partial charge in [0.15, 0.2) is 0 Å². The average molecular weight is 200 g/mol. The third-order valence-electron chi connectivity index (χ3n) is 3.29. The molecule has 2 heteroatoms. The molecule has 2 aromatic rings. The molecule has 2 heterocycles. The smallest absolute Gasteiger partial charge is 0.0462 e. The Morgan fingerprint density at radius 2 is 2.20 bits per heavy atom. The van der Waals surface area contributed by atoms with Crippen molar-refractivity contribution in [3.8, 4) is 0 Å². The molecule has 0 aliphatic carbocycles. The third kappa shape index (κ3) is 1.37. The van der Waals surface area contributed by atoms with Gasteiger partial charge in [-0.3, -0.25) is 0 Å². The minimum atomic E-state index is 0.589. The number of fused-ring (bicyclic) bond motifs is 3. The molecule has 15 heavy (non-hydrogen) atoms. The Morgan fingerprint density at radius 1 is 1.33 bits per heavy atom. The lowest BCUT2D eigenvalue weighted by molar-refractivity contribution is 0.511. The second-order valence-corrected chi connectivity index (χ2v) is 4.62. The van der Waals surface area contributed by atoms with Crippen LogP contribution in [-0.4, -0.2) is 11.0 Å². The van der Waals surface area contributed by atoms with Gasteiger partial charge < -0.3 is 10.3 Å². The molecule has 0 amide bonds. The number of nitrogens with one attached hydrogen (secondary N) is 2. The van der Waals surface area contributed by atoms with E-state index in [-0.39, 0.29) is 0 Å². The number of aryl methyl sites for hydroxylation is 1. The quantitative estimate of drug-likeness (QED) is 0.672. The second kappa shape index (κ2) is 3.11. The molecule has 1 aromatic carbocycles. The first-order chi connectivity index (χ1) is 7.24. The zero-order chi connectivity index (χ0) is 10.4. The molecule has 3 rings (SSSR count). The first-order valence-electron chi connectivity index (χ1n) is 5.57. The first kappa shape index (κ1) is 8.98. The van der Waals surface area contributed by atoms with Crippen LogP contribution in [0, 0.1) is 6.92 Å². The highest BCUT2D eigenvalue weighted by molar-refractivity contribution is 5.85. The van der Waals surface area contributed by atoms with E-state index in [2.05, 4.69) is 42.3 Å². The molecule has 0 radical (unpaired) electrons. The summed E-state index contributed by atoms with van der Waals surface area (Å²) in [6.07, 6.45) is 1.11. The fraction of sp³-hybridized carbons (Fsp3) is 0.385. The number of rotatable bonds is 0. The number of hydrogen-bond donors (Lipinski definition) is 2. The summed E-state index contributed by atoms with van der Waals surface area (Å²) in [5.74, 6) is 0. The van der Waals surface area contributed by atoms with Crippen molar-refractivity contribution >= 4 is 10.9 Å². The lowest BCUT2D eigenvalue weighted by atomic mass is 10.0. The maximum atomic E-state index is 3.55. The summed E-state index contributed by atoms with van der Waals surface area (Å²) in [6, 6.07) is 7.25. The molecule has 0 saturated carbocycles. The predicted molar refractivity (Wildman–Crippen MR) is 63.0 cm³/mol. The maximum absolute atomic E-state index is 3.55. The maximum Gasteiger partial charge on any atom is 0.0462 e. The first-order valence-corrected chi connectivity index (χ1v) is 5.57. The Kier molecular flexibility index (Phi) is 1.86. The SMILES string of the molecule is Cc1ccc2c3c([nH]c2c1)CC(C)NC3. The number of H-pyrrole nitrogens is 1. The average Bonchev–Trinajstić information content (AvgIpc) is 2.53. The Bertz CT molecular complexity index is 510. The van der Waals surface area contributed by atoms with Crippen LogP contribution in [0.4, 0.5) is 0 Å². The predicted octanol–water partition coefficient (Wildman–Crippen LogP) is 2.51. The van der Waals surface area contributed by atoms with Crippen LogP contribution in [0.25, 0.3) is 10.9 Å². The lowest BCUT2D eigenvalue weighted by Crippen LogP contribution is -2.32.